The molecule has 0 saturated heterocycles. The Morgan fingerprint density at radius 3 is 2.93 bits per heavy atom. The van der Waals surface area contributed by atoms with Gasteiger partial charge in [-0.3, -0.25) is 9.48 Å². The zero-order valence-corrected chi connectivity index (χ0v) is 16.1. The van der Waals surface area contributed by atoms with Gasteiger partial charge >= 0.3 is 0 Å². The number of pyridine rings is 1. The maximum Gasteiger partial charge on any atom is 0.273 e. The monoisotopic (exact) mass is 402 g/mol. The number of hydrogen-bond donors (Lipinski definition) is 2. The number of aromatic nitrogens is 6. The van der Waals surface area contributed by atoms with Gasteiger partial charge in [0.2, 0.25) is 0 Å². The summed E-state index contributed by atoms with van der Waals surface area (Å²) in [6.45, 7) is 2.55. The van der Waals surface area contributed by atoms with E-state index in [1.54, 1.807) is 22.5 Å². The summed E-state index contributed by atoms with van der Waals surface area (Å²) in [6.07, 6.45) is 6.84. The van der Waals surface area contributed by atoms with Crippen LogP contribution in [-0.2, 0) is 6.54 Å². The highest BCUT2D eigenvalue weighted by Crippen LogP contribution is 2.28. The van der Waals surface area contributed by atoms with Crippen LogP contribution in [0.3, 0.4) is 0 Å². The van der Waals surface area contributed by atoms with Crippen molar-refractivity contribution in [2.45, 2.75) is 13.5 Å². The van der Waals surface area contributed by atoms with Crippen molar-refractivity contribution in [2.24, 2.45) is 0 Å². The molecule has 4 aromatic heterocycles. The lowest BCUT2D eigenvalue weighted by Gasteiger charge is -2.05. The van der Waals surface area contributed by atoms with Crippen molar-refractivity contribution in [1.29, 1.82) is 0 Å². The highest BCUT2D eigenvalue weighted by molar-refractivity contribution is 6.08. The number of nitrogens with two attached hydrogens (primary N) is 1. The molecule has 5 aromatic rings. The van der Waals surface area contributed by atoms with Gasteiger partial charge in [-0.1, -0.05) is 0 Å². The fraction of sp³-hybridized carbons (Fsp3) is 0.150. The molecule has 3 N–H and O–H groups in total. The summed E-state index contributed by atoms with van der Waals surface area (Å²) >= 11 is 0. The number of anilines is 1. The van der Waals surface area contributed by atoms with E-state index in [4.69, 9.17) is 10.2 Å². The average Bonchev–Trinajstić information content (AvgIpc) is 3.48. The molecule has 0 atom stereocenters. The predicted molar refractivity (Wildman–Crippen MR) is 110 cm³/mol. The second kappa shape index (κ2) is 6.99. The summed E-state index contributed by atoms with van der Waals surface area (Å²) in [6, 6.07) is 7.77. The third kappa shape index (κ3) is 3.13. The summed E-state index contributed by atoms with van der Waals surface area (Å²) in [7, 11) is 0. The number of benzene rings is 1. The van der Waals surface area contributed by atoms with Gasteiger partial charge in [-0.05, 0) is 24.3 Å². The van der Waals surface area contributed by atoms with E-state index in [9.17, 15) is 4.79 Å². The van der Waals surface area contributed by atoms with Crippen LogP contribution in [0.2, 0.25) is 0 Å². The van der Waals surface area contributed by atoms with Crippen LogP contribution in [0.25, 0.3) is 27.5 Å². The molecule has 5 rings (SSSR count). The molecule has 0 radical (unpaired) electrons. The summed E-state index contributed by atoms with van der Waals surface area (Å²) in [5.41, 5.74) is 8.72. The Kier molecular flexibility index (Phi) is 4.16. The number of aryl methyl sites for hydroxylation is 1. The van der Waals surface area contributed by atoms with Crippen LogP contribution < -0.4 is 11.1 Å². The lowest BCUT2D eigenvalue weighted by molar-refractivity contribution is 0.0947. The van der Waals surface area contributed by atoms with Gasteiger partial charge in [-0.15, -0.1) is 0 Å². The molecule has 10 nitrogen and oxygen atoms in total. The van der Waals surface area contributed by atoms with Crippen LogP contribution in [0.1, 0.15) is 16.4 Å². The zero-order valence-electron chi connectivity index (χ0n) is 16.1. The van der Waals surface area contributed by atoms with Crippen LogP contribution in [0.4, 0.5) is 5.82 Å². The Morgan fingerprint density at radius 1 is 1.27 bits per heavy atom. The van der Waals surface area contributed by atoms with E-state index >= 15 is 0 Å². The molecular formula is C20H18N8O2. The molecule has 1 amide bonds. The second-order valence-corrected chi connectivity index (χ2v) is 6.81. The molecule has 0 spiro atoms. The number of carbonyl (C=O) groups excluding carboxylic acids is 1. The number of fused-ring (bicyclic) bond motifs is 3. The number of oxazole rings is 1. The van der Waals surface area contributed by atoms with Crippen molar-refractivity contribution in [3.8, 4) is 5.69 Å². The molecule has 0 aliphatic rings. The minimum atomic E-state index is -0.290. The third-order valence-electron chi connectivity index (χ3n) is 4.76. The van der Waals surface area contributed by atoms with Gasteiger partial charge in [0.15, 0.2) is 17.4 Å². The van der Waals surface area contributed by atoms with Gasteiger partial charge in [0, 0.05) is 42.8 Å². The van der Waals surface area contributed by atoms with E-state index in [0.29, 0.717) is 30.3 Å². The van der Waals surface area contributed by atoms with E-state index in [1.165, 1.54) is 6.26 Å². The number of nitrogens with one attached hydrogen (secondary N) is 1. The third-order valence-corrected chi connectivity index (χ3v) is 4.76. The quantitative estimate of drug-likeness (QED) is 0.460. The lowest BCUT2D eigenvalue weighted by atomic mass is 10.1. The number of hydrogen-bond acceptors (Lipinski definition) is 7. The molecule has 10 heteroatoms. The van der Waals surface area contributed by atoms with Gasteiger partial charge in [-0.25, -0.2) is 14.6 Å². The van der Waals surface area contributed by atoms with Crippen molar-refractivity contribution in [1.82, 2.24) is 34.8 Å². The van der Waals surface area contributed by atoms with E-state index in [0.717, 1.165) is 22.0 Å². The topological polar surface area (TPSA) is 130 Å². The van der Waals surface area contributed by atoms with Gasteiger partial charge in [0.25, 0.3) is 5.91 Å². The number of nitrogens with zero attached hydrogens (tertiary/aromatic N) is 6. The molecule has 1 aromatic carbocycles. The molecule has 30 heavy (non-hydrogen) atoms. The van der Waals surface area contributed by atoms with Crippen LogP contribution in [0.15, 0.2) is 53.5 Å². The number of carbonyl (C=O) groups is 1. The Balaban J connectivity index is 1.40. The molecule has 0 unspecified atom stereocenters. The molecule has 0 aliphatic carbocycles. The lowest BCUT2D eigenvalue weighted by Crippen LogP contribution is -2.27. The largest absolute Gasteiger partial charge is 0.448 e. The normalized spacial score (nSPS) is 11.4. The summed E-state index contributed by atoms with van der Waals surface area (Å²) in [5.74, 6) is 0.515. The standard InChI is InChI=1S/C20H18N8O2/c1-12-24-17(11-30-12)20(29)22-6-8-27-10-15-14-4-3-13(28-7-2-5-23-28)9-16(14)25-19(21)18(15)26-27/h2-5,7,9-11H,6,8H2,1H3,(H2,21,25)(H,22,29). The molecule has 0 bridgehead atoms. The maximum absolute atomic E-state index is 12.1. The minimum absolute atomic E-state index is 0.255. The van der Waals surface area contributed by atoms with Crippen molar-refractivity contribution >= 4 is 33.5 Å². The SMILES string of the molecule is Cc1nc(C(=O)NCCn2cc3c(n2)c(N)nc2cc(-n4cccn4)ccc23)co1. The van der Waals surface area contributed by atoms with Crippen LogP contribution in [0.5, 0.6) is 0 Å². The first-order chi connectivity index (χ1) is 14.6. The van der Waals surface area contributed by atoms with Crippen molar-refractivity contribution in [3.05, 3.63) is 60.7 Å². The fourth-order valence-electron chi connectivity index (χ4n) is 3.35. The van der Waals surface area contributed by atoms with Crippen molar-refractivity contribution < 1.29 is 9.21 Å². The summed E-state index contributed by atoms with van der Waals surface area (Å²) in [5, 5.41) is 13.4. The fourth-order valence-corrected chi connectivity index (χ4v) is 3.35. The van der Waals surface area contributed by atoms with E-state index < -0.39 is 0 Å². The molecule has 0 saturated carbocycles. The first-order valence-electron chi connectivity index (χ1n) is 9.35. The number of rotatable bonds is 5. The summed E-state index contributed by atoms with van der Waals surface area (Å²) < 4.78 is 8.58. The molecule has 0 fully saturated rings. The average molecular weight is 402 g/mol. The zero-order chi connectivity index (χ0) is 20.7. The van der Waals surface area contributed by atoms with Gasteiger partial charge in [0.1, 0.15) is 11.8 Å². The Bertz CT molecular complexity index is 1370. The number of nitrogen functional groups attached to an aromatic ring is 1. The first kappa shape index (κ1) is 17.9. The van der Waals surface area contributed by atoms with Gasteiger partial charge in [-0.2, -0.15) is 10.2 Å². The van der Waals surface area contributed by atoms with Gasteiger partial charge in [0.05, 0.1) is 17.7 Å². The van der Waals surface area contributed by atoms with Gasteiger partial charge < -0.3 is 15.5 Å². The first-order valence-corrected chi connectivity index (χ1v) is 9.35. The maximum atomic E-state index is 12.1. The van der Waals surface area contributed by atoms with E-state index in [1.807, 2.05) is 36.7 Å². The van der Waals surface area contributed by atoms with Crippen molar-refractivity contribution in [2.75, 3.05) is 12.3 Å². The van der Waals surface area contributed by atoms with Crippen LogP contribution >= 0.6 is 0 Å². The van der Waals surface area contributed by atoms with E-state index in [-0.39, 0.29) is 11.6 Å². The molecule has 0 aliphatic heterocycles. The highest BCUT2D eigenvalue weighted by atomic mass is 16.3. The molecule has 4 heterocycles. The predicted octanol–water partition coefficient (Wildman–Crippen LogP) is 2.08. The molecule has 150 valence electrons. The number of amides is 1. The van der Waals surface area contributed by atoms with Crippen LogP contribution in [0, 0.1) is 6.92 Å². The highest BCUT2D eigenvalue weighted by Gasteiger charge is 2.13. The van der Waals surface area contributed by atoms with E-state index in [2.05, 4.69) is 25.5 Å². The Morgan fingerprint density at radius 2 is 2.17 bits per heavy atom. The minimum Gasteiger partial charge on any atom is -0.448 e. The smallest absolute Gasteiger partial charge is 0.273 e. The Hall–Kier alpha value is -4.21. The Labute approximate surface area is 170 Å². The summed E-state index contributed by atoms with van der Waals surface area (Å²) in [4.78, 5) is 20.6. The van der Waals surface area contributed by atoms with Crippen molar-refractivity contribution in [3.63, 3.8) is 0 Å². The van der Waals surface area contributed by atoms with Crippen LogP contribution in [-0.4, -0.2) is 42.0 Å². The molecular weight excluding hydrogens is 384 g/mol. The second-order valence-electron chi connectivity index (χ2n) is 6.81.